The monoisotopic (exact) mass is 337 g/mol. The first-order valence-electron chi connectivity index (χ1n) is 6.04. The van der Waals surface area contributed by atoms with Crippen molar-refractivity contribution in [3.63, 3.8) is 0 Å². The lowest BCUT2D eigenvalue weighted by atomic mass is 10.2. The van der Waals surface area contributed by atoms with Crippen molar-refractivity contribution in [2.45, 2.75) is 17.4 Å². The van der Waals surface area contributed by atoms with Crippen LogP contribution < -0.4 is 0 Å². The summed E-state index contributed by atoms with van der Waals surface area (Å²) in [6.07, 6.45) is 0.634. The van der Waals surface area contributed by atoms with Crippen molar-refractivity contribution in [3.8, 4) is 0 Å². The number of hydrogen-bond donors (Lipinski definition) is 1. The normalized spacial score (nSPS) is 19.1. The van der Waals surface area contributed by atoms with Crippen LogP contribution in [-0.4, -0.2) is 48.4 Å². The predicted molar refractivity (Wildman–Crippen MR) is 74.0 cm³/mol. The Morgan fingerprint density at radius 2 is 2.10 bits per heavy atom. The molecule has 0 amide bonds. The fraction of sp³-hybridized carbons (Fsp3) is 0.417. The van der Waals surface area contributed by atoms with Crippen molar-refractivity contribution >= 4 is 27.8 Å². The van der Waals surface area contributed by atoms with Crippen molar-refractivity contribution in [1.82, 2.24) is 4.31 Å². The summed E-state index contributed by atoms with van der Waals surface area (Å²) >= 11 is 1.58. The van der Waals surface area contributed by atoms with Crippen LogP contribution in [0, 0.1) is 11.6 Å². The number of carbonyl (C=O) groups is 1. The minimum atomic E-state index is -4.21. The molecule has 0 bridgehead atoms. The molecule has 1 N–H and O–H groups in total. The summed E-state index contributed by atoms with van der Waals surface area (Å²) in [5, 5.41) is 8.80. The Morgan fingerprint density at radius 1 is 1.43 bits per heavy atom. The summed E-state index contributed by atoms with van der Waals surface area (Å²) < 4.78 is 53.2. The van der Waals surface area contributed by atoms with Crippen LogP contribution in [0.1, 0.15) is 16.8 Å². The zero-order valence-electron chi connectivity index (χ0n) is 11.0. The Labute approximate surface area is 125 Å². The number of hydrogen-bond acceptors (Lipinski definition) is 4. The number of nitrogens with zero attached hydrogens (tertiary/aromatic N) is 1. The molecule has 1 unspecified atom stereocenters. The number of sulfonamides is 1. The van der Waals surface area contributed by atoms with Gasteiger partial charge < -0.3 is 5.11 Å². The van der Waals surface area contributed by atoms with Crippen LogP contribution in [0.4, 0.5) is 8.78 Å². The van der Waals surface area contributed by atoms with Gasteiger partial charge in [-0.05, 0) is 24.3 Å². The SMILES string of the molecule is CN(C1CCSC1)S(=O)(=O)c1ccc(F)c(C(=O)O)c1F. The highest BCUT2D eigenvalue weighted by Crippen LogP contribution is 2.29. The highest BCUT2D eigenvalue weighted by molar-refractivity contribution is 7.99. The minimum Gasteiger partial charge on any atom is -0.477 e. The van der Waals surface area contributed by atoms with Crippen molar-refractivity contribution in [2.75, 3.05) is 18.6 Å². The van der Waals surface area contributed by atoms with Gasteiger partial charge in [-0.1, -0.05) is 0 Å². The zero-order valence-corrected chi connectivity index (χ0v) is 12.7. The summed E-state index contributed by atoms with van der Waals surface area (Å²) in [4.78, 5) is 10.0. The molecule has 1 aliphatic rings. The Balaban J connectivity index is 2.50. The molecule has 1 saturated heterocycles. The molecule has 1 aromatic rings. The van der Waals surface area contributed by atoms with E-state index in [0.29, 0.717) is 18.2 Å². The number of carboxylic acid groups (broad SMARTS) is 1. The maximum atomic E-state index is 14.1. The van der Waals surface area contributed by atoms with Gasteiger partial charge in [-0.3, -0.25) is 0 Å². The summed E-state index contributed by atoms with van der Waals surface area (Å²) in [5.41, 5.74) is -1.26. The van der Waals surface area contributed by atoms with Gasteiger partial charge in [0.1, 0.15) is 16.3 Å². The van der Waals surface area contributed by atoms with Crippen LogP contribution in [0.15, 0.2) is 17.0 Å². The predicted octanol–water partition coefficient (Wildman–Crippen LogP) is 1.79. The first-order valence-corrected chi connectivity index (χ1v) is 8.63. The molecule has 1 aromatic carbocycles. The largest absolute Gasteiger partial charge is 0.477 e. The van der Waals surface area contributed by atoms with Gasteiger partial charge in [0.05, 0.1) is 0 Å². The van der Waals surface area contributed by atoms with Crippen LogP contribution in [0.5, 0.6) is 0 Å². The average Bonchev–Trinajstić information content (AvgIpc) is 2.90. The second-order valence-corrected chi connectivity index (χ2v) is 7.69. The third-order valence-corrected chi connectivity index (χ3v) is 6.42. The van der Waals surface area contributed by atoms with Gasteiger partial charge in [0, 0.05) is 18.8 Å². The smallest absolute Gasteiger partial charge is 0.341 e. The molecule has 5 nitrogen and oxygen atoms in total. The first-order chi connectivity index (χ1) is 9.76. The molecule has 0 aromatic heterocycles. The summed E-state index contributed by atoms with van der Waals surface area (Å²) in [6, 6.07) is 1.12. The van der Waals surface area contributed by atoms with E-state index in [0.717, 1.165) is 16.1 Å². The number of rotatable bonds is 4. The molecular weight excluding hydrogens is 324 g/mol. The second-order valence-electron chi connectivity index (χ2n) is 4.58. The number of thioether (sulfide) groups is 1. The van der Waals surface area contributed by atoms with Crippen molar-refractivity contribution in [1.29, 1.82) is 0 Å². The average molecular weight is 337 g/mol. The van der Waals surface area contributed by atoms with Crippen LogP contribution in [0.2, 0.25) is 0 Å². The van der Waals surface area contributed by atoms with Gasteiger partial charge in [-0.25, -0.2) is 22.0 Å². The van der Waals surface area contributed by atoms with Gasteiger partial charge in [-0.15, -0.1) is 0 Å². The Morgan fingerprint density at radius 3 is 2.62 bits per heavy atom. The quantitative estimate of drug-likeness (QED) is 0.907. The molecule has 1 atom stereocenters. The van der Waals surface area contributed by atoms with Crippen molar-refractivity contribution in [2.24, 2.45) is 0 Å². The highest BCUT2D eigenvalue weighted by atomic mass is 32.2. The summed E-state index contributed by atoms with van der Waals surface area (Å²) in [6.45, 7) is 0. The first kappa shape index (κ1) is 16.2. The maximum absolute atomic E-state index is 14.1. The zero-order chi connectivity index (χ0) is 15.8. The molecule has 2 rings (SSSR count). The van der Waals surface area contributed by atoms with Crippen molar-refractivity contribution in [3.05, 3.63) is 29.3 Å². The van der Waals surface area contributed by atoms with Gasteiger partial charge in [0.15, 0.2) is 5.82 Å². The van der Waals surface area contributed by atoms with E-state index >= 15 is 0 Å². The molecule has 1 heterocycles. The molecule has 116 valence electrons. The summed E-state index contributed by atoms with van der Waals surface area (Å²) in [5.74, 6) is -3.33. The van der Waals surface area contributed by atoms with E-state index in [1.807, 2.05) is 0 Å². The molecule has 0 saturated carbocycles. The molecule has 1 fully saturated rings. The number of benzene rings is 1. The Hall–Kier alpha value is -1.19. The van der Waals surface area contributed by atoms with Crippen LogP contribution in [0.3, 0.4) is 0 Å². The molecule has 1 aliphatic heterocycles. The Bertz CT molecular complexity index is 672. The van der Waals surface area contributed by atoms with Gasteiger partial charge in [0.25, 0.3) is 0 Å². The lowest BCUT2D eigenvalue weighted by Crippen LogP contribution is -2.37. The third-order valence-electron chi connectivity index (χ3n) is 3.35. The van der Waals surface area contributed by atoms with E-state index < -0.39 is 38.1 Å². The number of carboxylic acids is 1. The number of halogens is 2. The summed E-state index contributed by atoms with van der Waals surface area (Å²) in [7, 11) is -2.90. The van der Waals surface area contributed by atoms with Gasteiger partial charge in [-0.2, -0.15) is 16.1 Å². The van der Waals surface area contributed by atoms with E-state index in [9.17, 15) is 22.0 Å². The third kappa shape index (κ3) is 2.90. The van der Waals surface area contributed by atoms with Gasteiger partial charge >= 0.3 is 5.97 Å². The van der Waals surface area contributed by atoms with Gasteiger partial charge in [0.2, 0.25) is 10.0 Å². The van der Waals surface area contributed by atoms with E-state index in [-0.39, 0.29) is 6.04 Å². The molecule has 0 aliphatic carbocycles. The lowest BCUT2D eigenvalue weighted by Gasteiger charge is -2.23. The standard InChI is InChI=1S/C12H13F2NO4S2/c1-15(7-4-5-20-6-7)21(18,19)9-3-2-8(13)10(11(9)14)12(16)17/h2-3,7H,4-6H2,1H3,(H,16,17). The fourth-order valence-corrected chi connectivity index (χ4v) is 4.90. The molecule has 9 heteroatoms. The topological polar surface area (TPSA) is 74.7 Å². The van der Waals surface area contributed by atoms with Crippen molar-refractivity contribution < 1.29 is 27.1 Å². The minimum absolute atomic E-state index is 0.280. The van der Waals surface area contributed by atoms with E-state index in [1.54, 1.807) is 11.8 Å². The second kappa shape index (κ2) is 5.90. The van der Waals surface area contributed by atoms with E-state index in [1.165, 1.54) is 7.05 Å². The number of aromatic carboxylic acids is 1. The highest BCUT2D eigenvalue weighted by Gasteiger charge is 2.34. The molecular formula is C12H13F2NO4S2. The lowest BCUT2D eigenvalue weighted by molar-refractivity contribution is 0.0685. The molecule has 21 heavy (non-hydrogen) atoms. The van der Waals surface area contributed by atoms with Crippen LogP contribution >= 0.6 is 11.8 Å². The fourth-order valence-electron chi connectivity index (χ4n) is 2.09. The van der Waals surface area contributed by atoms with Crippen LogP contribution in [0.25, 0.3) is 0 Å². The maximum Gasteiger partial charge on any atom is 0.341 e. The van der Waals surface area contributed by atoms with E-state index in [2.05, 4.69) is 0 Å². The van der Waals surface area contributed by atoms with E-state index in [4.69, 9.17) is 5.11 Å². The van der Waals surface area contributed by atoms with Crippen LogP contribution in [-0.2, 0) is 10.0 Å². The molecule has 0 spiro atoms. The Kier molecular flexibility index (Phi) is 4.54. The molecule has 0 radical (unpaired) electrons.